The Balaban J connectivity index is 1.61. The highest BCUT2D eigenvalue weighted by molar-refractivity contribution is 7.92. The van der Waals surface area contributed by atoms with Crippen molar-refractivity contribution in [3.8, 4) is 5.75 Å². The number of anilines is 1. The summed E-state index contributed by atoms with van der Waals surface area (Å²) < 4.78 is 32.5. The summed E-state index contributed by atoms with van der Waals surface area (Å²) >= 11 is 0. The van der Waals surface area contributed by atoms with E-state index in [1.54, 1.807) is 18.1 Å². The molecular formula is C35H45N3O5S. The van der Waals surface area contributed by atoms with Gasteiger partial charge in [0, 0.05) is 32.0 Å². The minimum absolute atomic E-state index is 0.0862. The number of hydrogen-bond acceptors (Lipinski definition) is 5. The van der Waals surface area contributed by atoms with Crippen LogP contribution in [0.3, 0.4) is 0 Å². The van der Waals surface area contributed by atoms with Crippen LogP contribution in [0.15, 0.2) is 72.8 Å². The molecule has 0 unspecified atom stereocenters. The number of nitrogens with zero attached hydrogens (tertiary/aromatic N) is 2. The van der Waals surface area contributed by atoms with E-state index >= 15 is 0 Å². The monoisotopic (exact) mass is 619 g/mol. The molecule has 0 heterocycles. The molecule has 8 nitrogen and oxygen atoms in total. The summed E-state index contributed by atoms with van der Waals surface area (Å²) in [5, 5.41) is 3.23. The highest BCUT2D eigenvalue weighted by Gasteiger charge is 2.32. The Kier molecular flexibility index (Phi) is 11.4. The fraction of sp³-hybridized carbons (Fsp3) is 0.429. The van der Waals surface area contributed by atoms with E-state index in [1.165, 1.54) is 10.6 Å². The number of benzene rings is 3. The molecule has 1 saturated carbocycles. The Morgan fingerprint density at radius 3 is 2.32 bits per heavy atom. The minimum atomic E-state index is -3.59. The van der Waals surface area contributed by atoms with Gasteiger partial charge in [0.25, 0.3) is 0 Å². The first-order chi connectivity index (χ1) is 21.1. The first kappa shape index (κ1) is 33.1. The summed E-state index contributed by atoms with van der Waals surface area (Å²) in [5.74, 6) is 0.303. The van der Waals surface area contributed by atoms with Crippen LogP contribution < -0.4 is 14.4 Å². The first-order valence-electron chi connectivity index (χ1n) is 15.4. The van der Waals surface area contributed by atoms with Crippen LogP contribution in [0.1, 0.15) is 60.8 Å². The average molecular weight is 620 g/mol. The van der Waals surface area contributed by atoms with Crippen molar-refractivity contribution in [3.05, 3.63) is 95.1 Å². The molecule has 1 aliphatic rings. The number of hydrogen-bond donors (Lipinski definition) is 1. The fourth-order valence-corrected chi connectivity index (χ4v) is 6.89. The molecule has 236 valence electrons. The van der Waals surface area contributed by atoms with Crippen LogP contribution in [0.25, 0.3) is 0 Å². The number of aryl methyl sites for hydroxylation is 1. The second kappa shape index (κ2) is 15.2. The van der Waals surface area contributed by atoms with E-state index in [0.717, 1.165) is 47.9 Å². The Bertz CT molecular complexity index is 1520. The first-order valence-corrected chi connectivity index (χ1v) is 17.2. The van der Waals surface area contributed by atoms with Crippen molar-refractivity contribution in [2.24, 2.45) is 0 Å². The zero-order chi connectivity index (χ0) is 31.7. The maximum Gasteiger partial charge on any atom is 0.243 e. The Labute approximate surface area is 262 Å². The number of rotatable bonds is 14. The summed E-state index contributed by atoms with van der Waals surface area (Å²) in [5.41, 5.74) is 4.30. The Morgan fingerprint density at radius 1 is 0.955 bits per heavy atom. The van der Waals surface area contributed by atoms with Crippen molar-refractivity contribution in [3.63, 3.8) is 0 Å². The average Bonchev–Trinajstić information content (AvgIpc) is 3.51. The minimum Gasteiger partial charge on any atom is -0.497 e. The molecule has 1 aliphatic carbocycles. The molecule has 0 saturated heterocycles. The summed E-state index contributed by atoms with van der Waals surface area (Å²) in [6.45, 7) is 4.22. The van der Waals surface area contributed by atoms with Crippen LogP contribution in [0.2, 0.25) is 0 Å². The van der Waals surface area contributed by atoms with Gasteiger partial charge in [-0.15, -0.1) is 0 Å². The normalized spacial score (nSPS) is 14.2. The second-order valence-electron chi connectivity index (χ2n) is 11.7. The lowest BCUT2D eigenvalue weighted by Gasteiger charge is -2.33. The third kappa shape index (κ3) is 8.85. The lowest BCUT2D eigenvalue weighted by atomic mass is 10.0. The lowest BCUT2D eigenvalue weighted by Crippen LogP contribution is -2.52. The molecular weight excluding hydrogens is 574 g/mol. The van der Waals surface area contributed by atoms with Gasteiger partial charge in [0.15, 0.2) is 0 Å². The lowest BCUT2D eigenvalue weighted by molar-refractivity contribution is -0.141. The predicted molar refractivity (Wildman–Crippen MR) is 175 cm³/mol. The summed E-state index contributed by atoms with van der Waals surface area (Å²) in [4.78, 5) is 29.7. The summed E-state index contributed by atoms with van der Waals surface area (Å²) in [6.07, 6.45) is 5.98. The van der Waals surface area contributed by atoms with Gasteiger partial charge in [-0.1, -0.05) is 67.4 Å². The largest absolute Gasteiger partial charge is 0.497 e. The van der Waals surface area contributed by atoms with Crippen molar-refractivity contribution < 1.29 is 22.7 Å². The molecule has 9 heteroatoms. The summed E-state index contributed by atoms with van der Waals surface area (Å²) in [7, 11) is -1.99. The number of nitrogens with one attached hydrogen (secondary N) is 1. The van der Waals surface area contributed by atoms with Gasteiger partial charge in [-0.25, -0.2) is 8.42 Å². The molecule has 44 heavy (non-hydrogen) atoms. The van der Waals surface area contributed by atoms with Crippen molar-refractivity contribution >= 4 is 27.5 Å². The molecule has 1 atom stereocenters. The zero-order valence-corrected chi connectivity index (χ0v) is 27.1. The molecule has 1 fully saturated rings. The van der Waals surface area contributed by atoms with Gasteiger partial charge in [-0.2, -0.15) is 0 Å². The quantitative estimate of drug-likeness (QED) is 0.255. The van der Waals surface area contributed by atoms with Crippen molar-refractivity contribution in [2.45, 2.75) is 77.4 Å². The van der Waals surface area contributed by atoms with E-state index in [2.05, 4.69) is 5.32 Å². The summed E-state index contributed by atoms with van der Waals surface area (Å²) in [6, 6.07) is 22.2. The second-order valence-corrected chi connectivity index (χ2v) is 13.6. The van der Waals surface area contributed by atoms with Crippen LogP contribution >= 0.6 is 0 Å². The fourth-order valence-electron chi connectivity index (χ4n) is 5.88. The highest BCUT2D eigenvalue weighted by atomic mass is 32.2. The smallest absolute Gasteiger partial charge is 0.243 e. The van der Waals surface area contributed by atoms with Crippen LogP contribution in [0.4, 0.5) is 5.69 Å². The molecule has 0 aliphatic heterocycles. The molecule has 0 radical (unpaired) electrons. The molecule has 2 amide bonds. The van der Waals surface area contributed by atoms with E-state index in [9.17, 15) is 18.0 Å². The van der Waals surface area contributed by atoms with Crippen LogP contribution in [-0.4, -0.2) is 57.1 Å². The Hall–Kier alpha value is -3.85. The predicted octanol–water partition coefficient (Wildman–Crippen LogP) is 5.56. The zero-order valence-electron chi connectivity index (χ0n) is 26.3. The topological polar surface area (TPSA) is 96.0 Å². The van der Waals surface area contributed by atoms with Crippen molar-refractivity contribution in [1.82, 2.24) is 10.2 Å². The van der Waals surface area contributed by atoms with Gasteiger partial charge in [0.05, 0.1) is 19.1 Å². The molecule has 0 bridgehead atoms. The van der Waals surface area contributed by atoms with Crippen LogP contribution in [0.5, 0.6) is 5.75 Å². The molecule has 3 aromatic carbocycles. The maximum absolute atomic E-state index is 14.1. The number of methoxy groups -OCH3 is 1. The number of carbonyl (C=O) groups is 2. The molecule has 0 aromatic heterocycles. The van der Waals surface area contributed by atoms with E-state index in [4.69, 9.17) is 4.74 Å². The number of carbonyl (C=O) groups excluding carboxylic acids is 2. The van der Waals surface area contributed by atoms with E-state index in [1.807, 2.05) is 80.6 Å². The highest BCUT2D eigenvalue weighted by Crippen LogP contribution is 2.26. The number of amides is 2. The van der Waals surface area contributed by atoms with E-state index < -0.39 is 16.1 Å². The van der Waals surface area contributed by atoms with Gasteiger partial charge in [-0.05, 0) is 73.6 Å². The molecule has 4 rings (SSSR count). The van der Waals surface area contributed by atoms with Crippen molar-refractivity contribution in [2.75, 3.05) is 24.2 Å². The van der Waals surface area contributed by atoms with Gasteiger partial charge in [0.2, 0.25) is 21.8 Å². The maximum atomic E-state index is 14.1. The molecule has 3 aromatic rings. The number of ether oxygens (including phenoxy) is 1. The van der Waals surface area contributed by atoms with Gasteiger partial charge >= 0.3 is 0 Å². The Morgan fingerprint density at radius 2 is 1.64 bits per heavy atom. The third-order valence-corrected chi connectivity index (χ3v) is 9.64. The van der Waals surface area contributed by atoms with Gasteiger partial charge < -0.3 is 15.0 Å². The van der Waals surface area contributed by atoms with Crippen LogP contribution in [0, 0.1) is 13.8 Å². The molecule has 1 N–H and O–H groups in total. The van der Waals surface area contributed by atoms with Gasteiger partial charge in [-0.3, -0.25) is 13.9 Å². The third-order valence-electron chi connectivity index (χ3n) is 8.46. The van der Waals surface area contributed by atoms with Crippen LogP contribution in [-0.2, 0) is 32.6 Å². The van der Waals surface area contributed by atoms with E-state index in [0.29, 0.717) is 24.3 Å². The van der Waals surface area contributed by atoms with E-state index in [-0.39, 0.29) is 37.4 Å². The SMILES string of the molecule is COc1cccc(CN(C(=O)CCCN(c2cccc(C)c2C)S(C)(=O)=O)[C@H](Cc2ccccc2)C(=O)NC2CCCC2)c1. The standard InChI is InChI=1S/C35H45N3O5S/c1-26-13-10-20-32(27(26)2)38(44(4,41)42)22-12-21-34(39)37(25-29-16-11-19-31(23-29)43-3)33(24-28-14-6-5-7-15-28)35(40)36-30-17-8-9-18-30/h5-7,10-11,13-16,19-20,23,30,33H,8-9,12,17-18,21-22,24-25H2,1-4H3,(H,36,40)/t33-/m1/s1. The molecule has 0 spiro atoms. The number of sulfonamides is 1. The van der Waals surface area contributed by atoms with Gasteiger partial charge in [0.1, 0.15) is 11.8 Å². The van der Waals surface area contributed by atoms with Crippen molar-refractivity contribution in [1.29, 1.82) is 0 Å².